The molecular weight excluding hydrogens is 371 g/mol. The maximum atomic E-state index is 5.62. The van der Waals surface area contributed by atoms with Crippen LogP contribution in [0, 0.1) is 0 Å². The number of hydrogen-bond donors (Lipinski definition) is 1. The molecule has 1 atom stereocenters. The van der Waals surface area contributed by atoms with Gasteiger partial charge in [-0.15, -0.1) is 0 Å². The molecule has 1 fully saturated rings. The molecule has 23 heavy (non-hydrogen) atoms. The summed E-state index contributed by atoms with van der Waals surface area (Å²) in [5.74, 6) is 0. The second-order valence-electron chi connectivity index (χ2n) is 6.09. The van der Waals surface area contributed by atoms with Gasteiger partial charge in [-0.2, -0.15) is 0 Å². The fourth-order valence-corrected chi connectivity index (χ4v) is 3.33. The molecule has 0 aromatic heterocycles. The molecule has 0 radical (unpaired) electrons. The van der Waals surface area contributed by atoms with Crippen LogP contribution in [0.5, 0.6) is 0 Å². The van der Waals surface area contributed by atoms with Crippen LogP contribution in [0.3, 0.4) is 0 Å². The van der Waals surface area contributed by atoms with Crippen molar-refractivity contribution in [2.75, 3.05) is 67.0 Å². The maximum absolute atomic E-state index is 5.62. The summed E-state index contributed by atoms with van der Waals surface area (Å²) < 4.78 is 7.96. The van der Waals surface area contributed by atoms with Crippen molar-refractivity contribution < 1.29 is 50.2 Å². The van der Waals surface area contributed by atoms with E-state index in [2.05, 4.69) is 53.3 Å². The van der Waals surface area contributed by atoms with Crippen LogP contribution < -0.4 is 30.1 Å². The van der Waals surface area contributed by atoms with Gasteiger partial charge < -0.3 is 24.8 Å². The molecule has 1 unspecified atom stereocenters. The third kappa shape index (κ3) is 13.0. The number of nitrogens with zero attached hydrogens (tertiary/aromatic N) is 3. The molecule has 8 heteroatoms. The zero-order valence-electron chi connectivity index (χ0n) is 14.9. The second kappa shape index (κ2) is 16.6. The van der Waals surface area contributed by atoms with Crippen LogP contribution in [0.15, 0.2) is 0 Å². The van der Waals surface area contributed by atoms with E-state index < -0.39 is 0 Å². The van der Waals surface area contributed by atoms with Gasteiger partial charge in [0.15, 0.2) is 0 Å². The van der Waals surface area contributed by atoms with Gasteiger partial charge in [0.1, 0.15) is 0 Å². The van der Waals surface area contributed by atoms with Crippen LogP contribution in [0.2, 0.25) is 0 Å². The summed E-state index contributed by atoms with van der Waals surface area (Å²) >= 11 is 2.17. The van der Waals surface area contributed by atoms with Crippen LogP contribution in [0.1, 0.15) is 25.7 Å². The first-order chi connectivity index (χ1) is 10.1. The van der Waals surface area contributed by atoms with Gasteiger partial charge in [0.25, 0.3) is 0 Å². The van der Waals surface area contributed by atoms with Gasteiger partial charge in [0.05, 0.1) is 0 Å². The molecule has 0 saturated carbocycles. The Morgan fingerprint density at radius 2 is 1.39 bits per heavy atom. The number of hydrogen-bond acceptors (Lipinski definition) is 5. The summed E-state index contributed by atoms with van der Waals surface area (Å²) in [6, 6.07) is 0. The second-order valence-corrected chi connectivity index (χ2v) is 6.99. The third-order valence-corrected chi connectivity index (χ3v) is 4.90. The first-order valence-electron chi connectivity index (χ1n) is 8.22. The summed E-state index contributed by atoms with van der Waals surface area (Å²) in [5, 5.41) is 3.54. The molecule has 0 aliphatic carbocycles. The Bertz CT molecular complexity index is 268. The number of ether oxygens (including phenoxy) is 1. The van der Waals surface area contributed by atoms with E-state index in [0.29, 0.717) is 0 Å². The van der Waals surface area contributed by atoms with Gasteiger partial charge in [-0.25, -0.2) is 0 Å². The summed E-state index contributed by atoms with van der Waals surface area (Å²) in [5.41, 5.74) is 0. The Morgan fingerprint density at radius 3 is 1.96 bits per heavy atom. The molecule has 1 aliphatic rings. The van der Waals surface area contributed by atoms with E-state index in [9.17, 15) is 0 Å². The van der Waals surface area contributed by atoms with Crippen molar-refractivity contribution in [2.24, 2.45) is 0 Å². The quantitative estimate of drug-likeness (QED) is 0.442. The largest absolute Gasteiger partial charge is 1.00 e. The van der Waals surface area contributed by atoms with E-state index in [1.165, 1.54) is 45.4 Å². The Hall–Kier alpha value is 1.09. The molecular formula is C15H33Cl2N4OTi. The normalized spacial score (nSPS) is 25.3. The van der Waals surface area contributed by atoms with Crippen molar-refractivity contribution in [2.45, 2.75) is 31.9 Å². The average Bonchev–Trinajstić information content (AvgIpc) is 2.45. The van der Waals surface area contributed by atoms with E-state index in [1.54, 1.807) is 0 Å². The van der Waals surface area contributed by atoms with Crippen LogP contribution in [-0.4, -0.2) is 86.4 Å². The van der Waals surface area contributed by atoms with Crippen molar-refractivity contribution in [1.29, 1.82) is 0 Å². The molecule has 137 valence electrons. The minimum atomic E-state index is 0. The van der Waals surface area contributed by atoms with Gasteiger partial charge in [-0.1, -0.05) is 0 Å². The van der Waals surface area contributed by atoms with E-state index in [0.717, 1.165) is 26.1 Å². The number of nitrogens with one attached hydrogen (secondary N) is 1. The molecule has 0 aromatic carbocycles. The van der Waals surface area contributed by atoms with Crippen molar-refractivity contribution in [3.05, 3.63) is 0 Å². The van der Waals surface area contributed by atoms with Gasteiger partial charge in [-0.3, -0.25) is 0 Å². The summed E-state index contributed by atoms with van der Waals surface area (Å²) in [6.45, 7) is 7.99. The zero-order chi connectivity index (χ0) is 15.5. The molecule has 1 saturated heterocycles. The minimum absolute atomic E-state index is 0. The van der Waals surface area contributed by atoms with Gasteiger partial charge in [-0.05, 0) is 0 Å². The first kappa shape index (κ1) is 26.3. The summed E-state index contributed by atoms with van der Waals surface area (Å²) in [7, 11) is 6.29. The van der Waals surface area contributed by atoms with Crippen molar-refractivity contribution in [3.63, 3.8) is 0 Å². The average molecular weight is 404 g/mol. The third-order valence-electron chi connectivity index (χ3n) is 4.10. The standard InChI is InChI=1S/C15H33N4O.2ClH.Ti/c1-18-11-4-8-16-10-7-15(20-3)17-9-5-12-19(2)14-6-13-18;;;/h15-16H,4-14H2,1-3H3;2*1H;/q-1;;;+3/p-2. The van der Waals surface area contributed by atoms with E-state index in [1.807, 2.05) is 7.11 Å². The molecule has 1 N–H and O–H groups in total. The molecule has 1 heterocycles. The summed E-state index contributed by atoms with van der Waals surface area (Å²) in [4.78, 5) is 4.91. The number of methoxy groups -OCH3 is 1. The van der Waals surface area contributed by atoms with E-state index >= 15 is 0 Å². The zero-order valence-corrected chi connectivity index (χ0v) is 17.9. The van der Waals surface area contributed by atoms with Crippen LogP contribution in [0.25, 0.3) is 0 Å². The first-order valence-corrected chi connectivity index (χ1v) is 8.92. The maximum Gasteiger partial charge on any atom is -1.00 e. The monoisotopic (exact) mass is 403 g/mol. The van der Waals surface area contributed by atoms with Crippen LogP contribution in [-0.2, 0) is 25.4 Å². The molecule has 0 aromatic rings. The van der Waals surface area contributed by atoms with E-state index in [-0.39, 0.29) is 31.0 Å². The fourth-order valence-electron chi connectivity index (χ4n) is 2.71. The van der Waals surface area contributed by atoms with Crippen molar-refractivity contribution >= 4 is 0 Å². The number of halogens is 2. The number of rotatable bonds is 1. The molecule has 5 nitrogen and oxygen atoms in total. The molecule has 1 aliphatic heterocycles. The molecule has 0 amide bonds. The van der Waals surface area contributed by atoms with Crippen LogP contribution in [0.4, 0.5) is 0 Å². The molecule has 0 spiro atoms. The van der Waals surface area contributed by atoms with E-state index in [4.69, 9.17) is 4.74 Å². The Labute approximate surface area is 167 Å². The Balaban J connectivity index is 0. The van der Waals surface area contributed by atoms with Gasteiger partial charge >= 0.3 is 143 Å². The summed E-state index contributed by atoms with van der Waals surface area (Å²) in [6.07, 6.45) is 4.98. The molecule has 0 bridgehead atoms. The van der Waals surface area contributed by atoms with Crippen molar-refractivity contribution in [3.8, 4) is 0 Å². The van der Waals surface area contributed by atoms with Gasteiger partial charge in [0, 0.05) is 0 Å². The Morgan fingerprint density at radius 1 is 0.870 bits per heavy atom. The minimum Gasteiger partial charge on any atom is -1.00 e. The predicted octanol–water partition coefficient (Wildman–Crippen LogP) is -5.24. The molecule has 1 rings (SSSR count). The fraction of sp³-hybridized carbons (Fsp3) is 1.00. The van der Waals surface area contributed by atoms with Crippen molar-refractivity contribution in [1.82, 2.24) is 18.5 Å². The predicted molar refractivity (Wildman–Crippen MR) is 83.8 cm³/mol. The smallest absolute Gasteiger partial charge is 1.00 e. The van der Waals surface area contributed by atoms with Crippen LogP contribution >= 0.6 is 0 Å². The topological polar surface area (TPSA) is 31.0 Å². The van der Waals surface area contributed by atoms with Gasteiger partial charge in [0.2, 0.25) is 0 Å². The Kier molecular flexibility index (Phi) is 18.9. The SMILES string of the molecule is COC1CCNCCCN(C)CCCN(C)CCC[N]1[Ti+2].[Cl-].[Cl-].